The molecular formula is C28H25F2N5O3. The molecule has 1 amide bonds. The zero-order valence-corrected chi connectivity index (χ0v) is 20.8. The molecule has 8 nitrogen and oxygen atoms in total. The number of alkyl halides is 2. The Morgan fingerprint density at radius 3 is 2.61 bits per heavy atom. The van der Waals surface area contributed by atoms with Gasteiger partial charge < -0.3 is 14.7 Å². The highest BCUT2D eigenvalue weighted by Gasteiger charge is 2.46. The van der Waals surface area contributed by atoms with Gasteiger partial charge in [0.2, 0.25) is 0 Å². The first-order valence-corrected chi connectivity index (χ1v) is 12.7. The van der Waals surface area contributed by atoms with E-state index in [-0.39, 0.29) is 29.5 Å². The average molecular weight is 518 g/mol. The maximum absolute atomic E-state index is 13.3. The van der Waals surface area contributed by atoms with Crippen molar-refractivity contribution in [3.63, 3.8) is 0 Å². The lowest BCUT2D eigenvalue weighted by Gasteiger charge is -2.23. The molecule has 3 aliphatic rings. The summed E-state index contributed by atoms with van der Waals surface area (Å²) in [4.78, 5) is 23.9. The van der Waals surface area contributed by atoms with Gasteiger partial charge in [0.25, 0.3) is 5.91 Å². The topological polar surface area (TPSA) is 92.9 Å². The molecule has 10 heteroatoms. The molecule has 4 heterocycles. The molecule has 0 radical (unpaired) electrons. The second-order valence-electron chi connectivity index (χ2n) is 10.6. The number of carbonyl (C=O) groups excluding carboxylic acids is 1. The van der Waals surface area contributed by atoms with Gasteiger partial charge in [0.1, 0.15) is 11.4 Å². The predicted molar refractivity (Wildman–Crippen MR) is 133 cm³/mol. The minimum absolute atomic E-state index is 0.0139. The molecule has 194 valence electrons. The minimum atomic E-state index is -3.01. The molecule has 2 aliphatic carbocycles. The Kier molecular flexibility index (Phi) is 4.91. The van der Waals surface area contributed by atoms with Crippen LogP contribution in [0.4, 0.5) is 8.78 Å². The lowest BCUT2D eigenvalue weighted by atomic mass is 9.88. The van der Waals surface area contributed by atoms with Crippen molar-refractivity contribution in [1.29, 1.82) is 0 Å². The molecule has 1 aromatic carbocycles. The summed E-state index contributed by atoms with van der Waals surface area (Å²) in [5.41, 5.74) is 3.92. The van der Waals surface area contributed by atoms with Gasteiger partial charge in [-0.05, 0) is 61.9 Å². The number of pyridine rings is 1. The van der Waals surface area contributed by atoms with E-state index < -0.39 is 12.2 Å². The van der Waals surface area contributed by atoms with Gasteiger partial charge in [0, 0.05) is 53.8 Å². The molecule has 4 aromatic rings. The van der Waals surface area contributed by atoms with Crippen LogP contribution in [-0.2, 0) is 5.60 Å². The summed E-state index contributed by atoms with van der Waals surface area (Å²) in [6.07, 6.45) is 7.73. The maximum atomic E-state index is 13.3. The summed E-state index contributed by atoms with van der Waals surface area (Å²) in [6.45, 7) is -1.25. The quantitative estimate of drug-likeness (QED) is 0.414. The van der Waals surface area contributed by atoms with E-state index in [4.69, 9.17) is 9.84 Å². The minimum Gasteiger partial charge on any atom is -0.434 e. The van der Waals surface area contributed by atoms with E-state index in [0.29, 0.717) is 23.4 Å². The van der Waals surface area contributed by atoms with E-state index >= 15 is 0 Å². The van der Waals surface area contributed by atoms with Crippen molar-refractivity contribution in [2.75, 3.05) is 7.05 Å². The van der Waals surface area contributed by atoms with Gasteiger partial charge in [0.05, 0.1) is 17.3 Å². The molecule has 7 rings (SSSR count). The third-order valence-electron chi connectivity index (χ3n) is 8.28. The molecule has 3 aromatic heterocycles. The number of aliphatic hydroxyl groups is 1. The van der Waals surface area contributed by atoms with Gasteiger partial charge in [-0.1, -0.05) is 6.07 Å². The van der Waals surface area contributed by atoms with Crippen LogP contribution in [0.2, 0.25) is 0 Å². The second kappa shape index (κ2) is 8.04. The van der Waals surface area contributed by atoms with Gasteiger partial charge in [-0.25, -0.2) is 14.5 Å². The summed E-state index contributed by atoms with van der Waals surface area (Å²) in [6, 6.07) is 8.33. The van der Waals surface area contributed by atoms with Crippen LogP contribution in [0.15, 0.2) is 48.9 Å². The van der Waals surface area contributed by atoms with Gasteiger partial charge in [-0.15, -0.1) is 0 Å². The SMILES string of the molecule is CN1C(=O)c2cccc(OC(F)F)c2[C@H]2C[C@@H]1c1nn3ccc(-c4cnc([C@@](C)(O)C5CC5)nc4)cc3c12. The van der Waals surface area contributed by atoms with Crippen LogP contribution < -0.4 is 4.74 Å². The summed E-state index contributed by atoms with van der Waals surface area (Å²) < 4.78 is 33.3. The zero-order valence-electron chi connectivity index (χ0n) is 20.8. The average Bonchev–Trinajstić information content (AvgIpc) is 3.63. The third kappa shape index (κ3) is 3.36. The van der Waals surface area contributed by atoms with Crippen LogP contribution in [0.5, 0.6) is 5.75 Å². The summed E-state index contributed by atoms with van der Waals surface area (Å²) in [7, 11) is 1.72. The van der Waals surface area contributed by atoms with E-state index in [0.717, 1.165) is 40.7 Å². The first-order valence-electron chi connectivity index (χ1n) is 12.7. The van der Waals surface area contributed by atoms with Crippen molar-refractivity contribution in [1.82, 2.24) is 24.5 Å². The van der Waals surface area contributed by atoms with Crippen molar-refractivity contribution >= 4 is 11.4 Å². The van der Waals surface area contributed by atoms with Crippen molar-refractivity contribution in [2.45, 2.75) is 50.4 Å². The Morgan fingerprint density at radius 2 is 1.89 bits per heavy atom. The number of halogens is 2. The fourth-order valence-corrected chi connectivity index (χ4v) is 6.11. The fraction of sp³-hybridized carbons (Fsp3) is 0.357. The second-order valence-corrected chi connectivity index (χ2v) is 10.6. The van der Waals surface area contributed by atoms with Crippen molar-refractivity contribution < 1.29 is 23.4 Å². The Hall–Kier alpha value is -3.92. The number of hydrogen-bond donors (Lipinski definition) is 1. The van der Waals surface area contributed by atoms with E-state index in [9.17, 15) is 18.7 Å². The number of ether oxygens (including phenoxy) is 1. The predicted octanol–water partition coefficient (Wildman–Crippen LogP) is 4.67. The van der Waals surface area contributed by atoms with Crippen LogP contribution in [0.1, 0.15) is 71.1 Å². The number of rotatable bonds is 5. The Bertz CT molecular complexity index is 1600. The highest BCUT2D eigenvalue weighted by Crippen LogP contribution is 2.53. The van der Waals surface area contributed by atoms with E-state index in [2.05, 4.69) is 9.97 Å². The molecule has 1 N–H and O–H groups in total. The summed E-state index contributed by atoms with van der Waals surface area (Å²) in [5, 5.41) is 15.6. The Labute approximate surface area is 216 Å². The lowest BCUT2D eigenvalue weighted by Crippen LogP contribution is -2.30. The molecule has 2 bridgehead atoms. The van der Waals surface area contributed by atoms with Gasteiger partial charge in [-0.2, -0.15) is 13.9 Å². The molecule has 1 fully saturated rings. The molecule has 3 atom stereocenters. The lowest BCUT2D eigenvalue weighted by molar-refractivity contribution is -0.0505. The first kappa shape index (κ1) is 23.2. The van der Waals surface area contributed by atoms with Gasteiger partial charge in [0.15, 0.2) is 5.82 Å². The Morgan fingerprint density at radius 1 is 1.13 bits per heavy atom. The third-order valence-corrected chi connectivity index (χ3v) is 8.28. The molecular weight excluding hydrogens is 492 g/mol. The molecule has 1 saturated carbocycles. The largest absolute Gasteiger partial charge is 0.434 e. The van der Waals surface area contributed by atoms with Crippen molar-refractivity contribution in [3.8, 4) is 16.9 Å². The fourth-order valence-electron chi connectivity index (χ4n) is 6.11. The van der Waals surface area contributed by atoms with Crippen molar-refractivity contribution in [2.24, 2.45) is 5.92 Å². The van der Waals surface area contributed by atoms with Crippen LogP contribution in [0.3, 0.4) is 0 Å². The number of aromatic nitrogens is 4. The number of hydrogen-bond acceptors (Lipinski definition) is 6. The van der Waals surface area contributed by atoms with E-state index in [1.807, 2.05) is 18.3 Å². The molecule has 0 unspecified atom stereocenters. The first-order chi connectivity index (χ1) is 18.2. The van der Waals surface area contributed by atoms with Crippen molar-refractivity contribution in [3.05, 3.63) is 77.1 Å². The van der Waals surface area contributed by atoms with Crippen LogP contribution in [0.25, 0.3) is 16.6 Å². The maximum Gasteiger partial charge on any atom is 0.387 e. The molecule has 0 spiro atoms. The van der Waals surface area contributed by atoms with Gasteiger partial charge >= 0.3 is 6.61 Å². The van der Waals surface area contributed by atoms with Crippen LogP contribution in [0, 0.1) is 5.92 Å². The smallest absolute Gasteiger partial charge is 0.387 e. The standard InChI is InChI=1S/C28H25F2N5O3/c1-28(37,16-6-7-16)26-31-12-15(13-32-26)14-8-9-35-19(10-14)23-18-11-20(24(23)33-35)34(2)25(36)17-4-3-5-21(22(17)18)38-27(29)30/h3-5,8-10,12-13,16,18,20,27,37H,6-7,11H2,1-2H3/t18-,20-,28+/m1/s1. The highest BCUT2D eigenvalue weighted by molar-refractivity contribution is 5.98. The molecule has 1 aliphatic heterocycles. The number of nitrogens with zero attached hydrogens (tertiary/aromatic N) is 5. The number of fused-ring (bicyclic) bond motifs is 9. The van der Waals surface area contributed by atoms with Gasteiger partial charge in [-0.3, -0.25) is 4.79 Å². The highest BCUT2D eigenvalue weighted by atomic mass is 19.3. The normalized spacial score (nSPS) is 21.8. The van der Waals surface area contributed by atoms with E-state index in [1.165, 1.54) is 6.07 Å². The summed E-state index contributed by atoms with van der Waals surface area (Å²) in [5.74, 6) is 0.0362. The molecule has 0 saturated heterocycles. The molecule has 38 heavy (non-hydrogen) atoms. The van der Waals surface area contributed by atoms with Crippen LogP contribution in [-0.4, -0.2) is 49.2 Å². The number of benzene rings is 1. The number of amides is 1. The number of carbonyl (C=O) groups is 1. The zero-order chi connectivity index (χ0) is 26.3. The summed E-state index contributed by atoms with van der Waals surface area (Å²) >= 11 is 0. The van der Waals surface area contributed by atoms with E-state index in [1.54, 1.807) is 47.9 Å². The Balaban J connectivity index is 1.35. The van der Waals surface area contributed by atoms with Crippen LogP contribution >= 0.6 is 0 Å². The monoisotopic (exact) mass is 517 g/mol.